The average molecular weight is 348 g/mol. The Morgan fingerprint density at radius 1 is 1.23 bits per heavy atom. The summed E-state index contributed by atoms with van der Waals surface area (Å²) in [5.41, 5.74) is 2.44. The van der Waals surface area contributed by atoms with E-state index >= 15 is 0 Å². The van der Waals surface area contributed by atoms with Gasteiger partial charge in [0.1, 0.15) is 12.9 Å². The fourth-order valence-electron chi connectivity index (χ4n) is 3.16. The van der Waals surface area contributed by atoms with Crippen LogP contribution in [0, 0.1) is 12.8 Å². The zero-order chi connectivity index (χ0) is 18.1. The highest BCUT2D eigenvalue weighted by atomic mass is 16.2. The van der Waals surface area contributed by atoms with Crippen molar-refractivity contribution in [2.75, 3.05) is 0 Å². The second-order valence-corrected chi connectivity index (χ2v) is 6.85. The Bertz CT molecular complexity index is 1010. The summed E-state index contributed by atoms with van der Waals surface area (Å²) in [5.74, 6) is 0.284. The maximum Gasteiger partial charge on any atom is 0.263 e. The Kier molecular flexibility index (Phi) is 4.24. The number of nitrogens with one attached hydrogen (secondary N) is 1. The number of rotatable bonds is 5. The lowest BCUT2D eigenvalue weighted by Gasteiger charge is -2.19. The largest absolute Gasteiger partial charge is 0.347 e. The summed E-state index contributed by atoms with van der Waals surface area (Å²) in [5, 5.41) is 3.51. The zero-order valence-corrected chi connectivity index (χ0v) is 14.6. The first-order valence-electron chi connectivity index (χ1n) is 8.78. The molecule has 1 fully saturated rings. The van der Waals surface area contributed by atoms with Crippen LogP contribution in [0.4, 0.5) is 0 Å². The molecule has 0 aliphatic heterocycles. The van der Waals surface area contributed by atoms with E-state index in [0.717, 1.165) is 18.4 Å². The highest BCUT2D eigenvalue weighted by Gasteiger charge is 2.33. The number of carbonyl (C=O) groups is 1. The lowest BCUT2D eigenvalue weighted by Crippen LogP contribution is -2.35. The average Bonchev–Trinajstić information content (AvgIpc) is 3.48. The standard InChI is InChI=1S/C20H20N4O2/c1-13-4-6-14(7-5-13)18(15-8-9-15)23-17(25)11-24-12-22-19-16(20(24)26)3-2-10-21-19/h2-7,10,12,15,18H,8-9,11H2,1H3,(H,23,25)/t18-/m1/s1. The molecule has 6 nitrogen and oxygen atoms in total. The first kappa shape index (κ1) is 16.4. The lowest BCUT2D eigenvalue weighted by atomic mass is 10.0. The number of aryl methyl sites for hydroxylation is 1. The van der Waals surface area contributed by atoms with E-state index in [0.29, 0.717) is 17.0 Å². The number of nitrogens with zero attached hydrogens (tertiary/aromatic N) is 3. The van der Waals surface area contributed by atoms with Crippen LogP contribution in [0.1, 0.15) is 30.0 Å². The van der Waals surface area contributed by atoms with Crippen LogP contribution in [-0.2, 0) is 11.3 Å². The van der Waals surface area contributed by atoms with Gasteiger partial charge in [-0.2, -0.15) is 0 Å². The van der Waals surface area contributed by atoms with Gasteiger partial charge < -0.3 is 5.32 Å². The Morgan fingerprint density at radius 2 is 2.00 bits per heavy atom. The molecule has 0 bridgehead atoms. The van der Waals surface area contributed by atoms with Gasteiger partial charge in [-0.05, 0) is 43.4 Å². The predicted molar refractivity (Wildman–Crippen MR) is 98.6 cm³/mol. The molecule has 132 valence electrons. The monoisotopic (exact) mass is 348 g/mol. The molecule has 0 unspecified atom stereocenters. The zero-order valence-electron chi connectivity index (χ0n) is 14.6. The van der Waals surface area contributed by atoms with Crippen LogP contribution in [0.25, 0.3) is 11.0 Å². The van der Waals surface area contributed by atoms with Gasteiger partial charge in [0.25, 0.3) is 5.56 Å². The summed E-state index contributed by atoms with van der Waals surface area (Å²) in [4.78, 5) is 33.3. The molecular formula is C20H20N4O2. The molecular weight excluding hydrogens is 328 g/mol. The topological polar surface area (TPSA) is 76.9 Å². The summed E-state index contributed by atoms with van der Waals surface area (Å²) in [7, 11) is 0. The summed E-state index contributed by atoms with van der Waals surface area (Å²) in [6.07, 6.45) is 5.20. The number of carbonyl (C=O) groups excluding carboxylic acids is 1. The van der Waals surface area contributed by atoms with E-state index in [1.807, 2.05) is 6.92 Å². The van der Waals surface area contributed by atoms with Crippen LogP contribution in [-0.4, -0.2) is 20.4 Å². The van der Waals surface area contributed by atoms with Crippen molar-refractivity contribution in [3.05, 3.63) is 70.4 Å². The van der Waals surface area contributed by atoms with Crippen LogP contribution in [0.3, 0.4) is 0 Å². The molecule has 1 N–H and O–H groups in total. The SMILES string of the molecule is Cc1ccc([C@@H](NC(=O)Cn2cnc3ncccc3c2=O)C2CC2)cc1. The van der Waals surface area contributed by atoms with Gasteiger partial charge in [0.2, 0.25) is 5.91 Å². The van der Waals surface area contributed by atoms with Gasteiger partial charge in [0.05, 0.1) is 11.4 Å². The number of pyridine rings is 1. The third kappa shape index (κ3) is 3.35. The van der Waals surface area contributed by atoms with Gasteiger partial charge in [-0.15, -0.1) is 0 Å². The summed E-state index contributed by atoms with van der Waals surface area (Å²) in [6.45, 7) is 1.99. The third-order valence-corrected chi connectivity index (χ3v) is 4.76. The quantitative estimate of drug-likeness (QED) is 0.768. The van der Waals surface area contributed by atoms with E-state index in [4.69, 9.17) is 0 Å². The van der Waals surface area contributed by atoms with Crippen molar-refractivity contribution in [3.8, 4) is 0 Å². The number of aromatic nitrogens is 3. The van der Waals surface area contributed by atoms with Crippen LogP contribution in [0.2, 0.25) is 0 Å². The molecule has 2 heterocycles. The number of hydrogen-bond acceptors (Lipinski definition) is 4. The van der Waals surface area contributed by atoms with Gasteiger partial charge >= 0.3 is 0 Å². The fourth-order valence-corrected chi connectivity index (χ4v) is 3.16. The molecule has 3 aromatic rings. The van der Waals surface area contributed by atoms with Crippen molar-refractivity contribution in [2.24, 2.45) is 5.92 Å². The maximum atomic E-state index is 12.6. The van der Waals surface area contributed by atoms with E-state index in [9.17, 15) is 9.59 Å². The fraction of sp³-hybridized carbons (Fsp3) is 0.300. The van der Waals surface area contributed by atoms with E-state index in [-0.39, 0.29) is 24.1 Å². The molecule has 1 aliphatic rings. The smallest absolute Gasteiger partial charge is 0.263 e. The van der Waals surface area contributed by atoms with Crippen molar-refractivity contribution in [1.82, 2.24) is 19.9 Å². The van der Waals surface area contributed by atoms with E-state index < -0.39 is 0 Å². The Labute approximate surface area is 150 Å². The minimum atomic E-state index is -0.253. The van der Waals surface area contributed by atoms with Gasteiger partial charge in [-0.25, -0.2) is 9.97 Å². The van der Waals surface area contributed by atoms with Crippen molar-refractivity contribution >= 4 is 16.9 Å². The second-order valence-electron chi connectivity index (χ2n) is 6.85. The van der Waals surface area contributed by atoms with Gasteiger partial charge in [-0.1, -0.05) is 29.8 Å². The molecule has 1 aromatic carbocycles. The van der Waals surface area contributed by atoms with Crippen LogP contribution in [0.15, 0.2) is 53.7 Å². The lowest BCUT2D eigenvalue weighted by molar-refractivity contribution is -0.122. The van der Waals surface area contributed by atoms with Crippen molar-refractivity contribution < 1.29 is 4.79 Å². The van der Waals surface area contributed by atoms with E-state index in [1.165, 1.54) is 16.5 Å². The second kappa shape index (κ2) is 6.71. The molecule has 0 radical (unpaired) electrons. The number of fused-ring (bicyclic) bond motifs is 1. The molecule has 1 aliphatic carbocycles. The highest BCUT2D eigenvalue weighted by molar-refractivity contribution is 5.77. The van der Waals surface area contributed by atoms with Crippen LogP contribution in [0.5, 0.6) is 0 Å². The summed E-state index contributed by atoms with van der Waals surface area (Å²) >= 11 is 0. The minimum Gasteiger partial charge on any atom is -0.347 e. The first-order valence-corrected chi connectivity index (χ1v) is 8.78. The molecule has 6 heteroatoms. The van der Waals surface area contributed by atoms with Crippen LogP contribution >= 0.6 is 0 Å². The normalized spacial score (nSPS) is 15.0. The molecule has 4 rings (SSSR count). The van der Waals surface area contributed by atoms with Gasteiger partial charge in [0.15, 0.2) is 5.65 Å². The predicted octanol–water partition coefficient (Wildman–Crippen LogP) is 2.37. The minimum absolute atomic E-state index is 0.00566. The molecule has 1 atom stereocenters. The summed E-state index contributed by atoms with van der Waals surface area (Å²) < 4.78 is 1.33. The molecule has 0 spiro atoms. The van der Waals surface area contributed by atoms with E-state index in [1.54, 1.807) is 18.3 Å². The summed E-state index contributed by atoms with van der Waals surface area (Å²) in [6, 6.07) is 11.6. The Hall–Kier alpha value is -3.02. The highest BCUT2D eigenvalue weighted by Crippen LogP contribution is 2.41. The van der Waals surface area contributed by atoms with Crippen molar-refractivity contribution in [3.63, 3.8) is 0 Å². The van der Waals surface area contributed by atoms with E-state index in [2.05, 4.69) is 39.6 Å². The molecule has 26 heavy (non-hydrogen) atoms. The van der Waals surface area contributed by atoms with Gasteiger partial charge in [-0.3, -0.25) is 14.2 Å². The Morgan fingerprint density at radius 3 is 2.73 bits per heavy atom. The number of benzene rings is 1. The van der Waals surface area contributed by atoms with Crippen molar-refractivity contribution in [1.29, 1.82) is 0 Å². The number of hydrogen-bond donors (Lipinski definition) is 1. The maximum absolute atomic E-state index is 12.6. The molecule has 0 saturated heterocycles. The van der Waals surface area contributed by atoms with Crippen molar-refractivity contribution in [2.45, 2.75) is 32.4 Å². The number of amides is 1. The third-order valence-electron chi connectivity index (χ3n) is 4.76. The molecule has 1 saturated carbocycles. The van der Waals surface area contributed by atoms with Crippen LogP contribution < -0.4 is 10.9 Å². The molecule has 1 amide bonds. The molecule has 2 aromatic heterocycles. The Balaban J connectivity index is 1.53. The van der Waals surface area contributed by atoms with Gasteiger partial charge in [0, 0.05) is 6.20 Å². The first-order chi connectivity index (χ1) is 12.6.